The van der Waals surface area contributed by atoms with Gasteiger partial charge in [0.1, 0.15) is 5.71 Å². The highest BCUT2D eigenvalue weighted by atomic mass is 16.4. The number of allylic oxidation sites excluding steroid dienone is 2. The number of rotatable bonds is 6. The van der Waals surface area contributed by atoms with Crippen LogP contribution in [0.15, 0.2) is 41.4 Å². The second-order valence-electron chi connectivity index (χ2n) is 10.3. The van der Waals surface area contributed by atoms with Crippen molar-refractivity contribution in [3.8, 4) is 0 Å². The molecule has 0 aliphatic heterocycles. The summed E-state index contributed by atoms with van der Waals surface area (Å²) in [4.78, 5) is 4.54. The number of pyridine rings is 1. The van der Waals surface area contributed by atoms with Gasteiger partial charge in [-0.2, -0.15) is 0 Å². The Morgan fingerprint density at radius 2 is 1.69 bits per heavy atom. The second kappa shape index (κ2) is 9.07. The standard InChI is InChI=1S/C27H36N2O3/c1-17-14-21-22(27(5,6)12-11-26(21,3)4)15-20(17)25(29-32)23-10-9-19(16-28-23)18(2)24(31)8-7-13-30/h9-10,14-16,30-32H,7-8,11-13H2,1-6H3/b24-18-,29-25-. The van der Waals surface area contributed by atoms with Crippen LogP contribution in [0.1, 0.15) is 93.8 Å². The van der Waals surface area contributed by atoms with E-state index in [4.69, 9.17) is 5.11 Å². The van der Waals surface area contributed by atoms with Crippen LogP contribution in [0.4, 0.5) is 0 Å². The first-order valence-electron chi connectivity index (χ1n) is 11.4. The van der Waals surface area contributed by atoms with E-state index in [2.05, 4.69) is 56.9 Å². The highest BCUT2D eigenvalue weighted by molar-refractivity contribution is 6.12. The molecule has 1 heterocycles. The van der Waals surface area contributed by atoms with E-state index in [1.165, 1.54) is 11.1 Å². The number of aryl methyl sites for hydroxylation is 1. The Morgan fingerprint density at radius 3 is 2.22 bits per heavy atom. The van der Waals surface area contributed by atoms with E-state index >= 15 is 0 Å². The Labute approximate surface area is 191 Å². The van der Waals surface area contributed by atoms with Crippen LogP contribution in [0, 0.1) is 6.92 Å². The fourth-order valence-corrected chi connectivity index (χ4v) is 4.58. The van der Waals surface area contributed by atoms with Gasteiger partial charge in [0.25, 0.3) is 0 Å². The van der Waals surface area contributed by atoms with Gasteiger partial charge in [0, 0.05) is 24.8 Å². The quantitative estimate of drug-likeness (QED) is 0.223. The summed E-state index contributed by atoms with van der Waals surface area (Å²) in [5.41, 5.74) is 7.35. The largest absolute Gasteiger partial charge is 0.512 e. The topological polar surface area (TPSA) is 85.9 Å². The van der Waals surface area contributed by atoms with Gasteiger partial charge in [0.2, 0.25) is 0 Å². The maximum Gasteiger partial charge on any atom is 0.135 e. The maximum absolute atomic E-state index is 10.2. The van der Waals surface area contributed by atoms with Gasteiger partial charge in [0.15, 0.2) is 0 Å². The summed E-state index contributed by atoms with van der Waals surface area (Å²) >= 11 is 0. The Kier molecular flexibility index (Phi) is 6.80. The van der Waals surface area contributed by atoms with Crippen LogP contribution >= 0.6 is 0 Å². The summed E-state index contributed by atoms with van der Waals surface area (Å²) in [6.07, 6.45) is 4.88. The SMILES string of the molecule is C/C(=C(/O)CCCO)c1ccc(/C(=N\O)c2cc3c(cc2C)C(C)(C)CCC3(C)C)nc1. The number of aliphatic hydroxyl groups is 2. The predicted molar refractivity (Wildman–Crippen MR) is 130 cm³/mol. The molecule has 0 saturated carbocycles. The van der Waals surface area contributed by atoms with Crippen molar-refractivity contribution >= 4 is 11.3 Å². The third kappa shape index (κ3) is 4.58. The minimum Gasteiger partial charge on any atom is -0.512 e. The smallest absolute Gasteiger partial charge is 0.135 e. The van der Waals surface area contributed by atoms with Gasteiger partial charge in [-0.1, -0.05) is 45.0 Å². The number of aromatic nitrogens is 1. The lowest BCUT2D eigenvalue weighted by Crippen LogP contribution is -2.34. The lowest BCUT2D eigenvalue weighted by Gasteiger charge is -2.42. The first-order chi connectivity index (χ1) is 15.0. The van der Waals surface area contributed by atoms with Gasteiger partial charge in [0.05, 0.1) is 11.5 Å². The van der Waals surface area contributed by atoms with Crippen LogP contribution in [-0.4, -0.2) is 32.7 Å². The van der Waals surface area contributed by atoms with Gasteiger partial charge >= 0.3 is 0 Å². The zero-order valence-electron chi connectivity index (χ0n) is 20.2. The summed E-state index contributed by atoms with van der Waals surface area (Å²) in [6, 6.07) is 8.12. The molecular weight excluding hydrogens is 400 g/mol. The van der Waals surface area contributed by atoms with Crippen molar-refractivity contribution in [3.63, 3.8) is 0 Å². The summed E-state index contributed by atoms with van der Waals surface area (Å²) in [6.45, 7) is 13.1. The summed E-state index contributed by atoms with van der Waals surface area (Å²) in [5.74, 6) is 0.250. The van der Waals surface area contributed by atoms with Gasteiger partial charge in [-0.3, -0.25) is 4.98 Å². The van der Waals surface area contributed by atoms with Crippen molar-refractivity contribution < 1.29 is 15.4 Å². The zero-order chi connectivity index (χ0) is 23.7. The molecule has 5 nitrogen and oxygen atoms in total. The second-order valence-corrected chi connectivity index (χ2v) is 10.3. The van der Waals surface area contributed by atoms with Crippen LogP contribution in [0.3, 0.4) is 0 Å². The molecule has 0 unspecified atom stereocenters. The lowest BCUT2D eigenvalue weighted by atomic mass is 9.62. The fraction of sp³-hybridized carbons (Fsp3) is 0.481. The highest BCUT2D eigenvalue weighted by Gasteiger charge is 2.37. The van der Waals surface area contributed by atoms with E-state index in [-0.39, 0.29) is 23.2 Å². The molecule has 1 aromatic carbocycles. The number of hydrogen-bond donors (Lipinski definition) is 3. The van der Waals surface area contributed by atoms with Crippen molar-refractivity contribution in [1.82, 2.24) is 4.98 Å². The molecule has 5 heteroatoms. The number of nitrogens with zero attached hydrogens (tertiary/aromatic N) is 2. The maximum atomic E-state index is 10.2. The predicted octanol–water partition coefficient (Wildman–Crippen LogP) is 6.03. The fourth-order valence-electron chi connectivity index (χ4n) is 4.58. The van der Waals surface area contributed by atoms with Gasteiger partial charge in [-0.05, 0) is 83.9 Å². The molecule has 1 aliphatic rings. The van der Waals surface area contributed by atoms with Crippen LogP contribution in [0.5, 0.6) is 0 Å². The Morgan fingerprint density at radius 1 is 1.06 bits per heavy atom. The average Bonchev–Trinajstić information content (AvgIpc) is 2.76. The van der Waals surface area contributed by atoms with Gasteiger partial charge in [-0.25, -0.2) is 0 Å². The zero-order valence-corrected chi connectivity index (χ0v) is 20.2. The number of aliphatic hydroxyl groups excluding tert-OH is 2. The molecule has 0 bridgehead atoms. The third-order valence-corrected chi connectivity index (χ3v) is 7.00. The minimum absolute atomic E-state index is 0.0406. The van der Waals surface area contributed by atoms with Gasteiger partial charge in [-0.15, -0.1) is 0 Å². The minimum atomic E-state index is 0.0406. The van der Waals surface area contributed by atoms with Crippen LogP contribution in [0.25, 0.3) is 5.57 Å². The molecule has 32 heavy (non-hydrogen) atoms. The Balaban J connectivity index is 2.01. The van der Waals surface area contributed by atoms with Crippen molar-refractivity contribution in [3.05, 3.63) is 69.7 Å². The lowest BCUT2D eigenvalue weighted by molar-refractivity contribution is 0.276. The van der Waals surface area contributed by atoms with Crippen LogP contribution in [0.2, 0.25) is 0 Å². The highest BCUT2D eigenvalue weighted by Crippen LogP contribution is 2.46. The Bertz CT molecular complexity index is 1050. The molecule has 3 rings (SSSR count). The van der Waals surface area contributed by atoms with Crippen molar-refractivity contribution in [2.24, 2.45) is 5.16 Å². The molecule has 1 aromatic heterocycles. The average molecular weight is 437 g/mol. The third-order valence-electron chi connectivity index (χ3n) is 7.00. The summed E-state index contributed by atoms with van der Waals surface area (Å²) in [7, 11) is 0. The van der Waals surface area contributed by atoms with Crippen LogP contribution < -0.4 is 0 Å². The van der Waals surface area contributed by atoms with Crippen molar-refractivity contribution in [2.45, 2.75) is 78.1 Å². The molecule has 172 valence electrons. The number of fused-ring (bicyclic) bond motifs is 1. The molecule has 0 fully saturated rings. The van der Waals surface area contributed by atoms with E-state index in [1.807, 2.05) is 19.1 Å². The summed E-state index contributed by atoms with van der Waals surface area (Å²) < 4.78 is 0. The van der Waals surface area contributed by atoms with E-state index in [9.17, 15) is 10.3 Å². The van der Waals surface area contributed by atoms with Gasteiger partial charge < -0.3 is 15.4 Å². The van der Waals surface area contributed by atoms with Crippen molar-refractivity contribution in [1.29, 1.82) is 0 Å². The number of oxime groups is 1. The molecule has 0 spiro atoms. The molecule has 2 aromatic rings. The van der Waals surface area contributed by atoms with E-state index < -0.39 is 0 Å². The van der Waals surface area contributed by atoms with E-state index in [0.29, 0.717) is 24.2 Å². The van der Waals surface area contributed by atoms with E-state index in [0.717, 1.165) is 35.1 Å². The molecule has 0 amide bonds. The number of hydrogen-bond acceptors (Lipinski definition) is 5. The Hall–Kier alpha value is -2.66. The number of benzene rings is 1. The monoisotopic (exact) mass is 436 g/mol. The first-order valence-corrected chi connectivity index (χ1v) is 11.4. The molecule has 1 aliphatic carbocycles. The summed E-state index contributed by atoms with van der Waals surface area (Å²) in [5, 5.41) is 32.8. The van der Waals surface area contributed by atoms with Crippen LogP contribution in [-0.2, 0) is 10.8 Å². The first kappa shape index (κ1) is 24.0. The molecule has 0 saturated heterocycles. The van der Waals surface area contributed by atoms with E-state index in [1.54, 1.807) is 6.20 Å². The normalized spacial score (nSPS) is 18.2. The molecule has 0 radical (unpaired) electrons. The molecular formula is C27H36N2O3. The molecule has 0 atom stereocenters. The molecule has 3 N–H and O–H groups in total. The van der Waals surface area contributed by atoms with Crippen molar-refractivity contribution in [2.75, 3.05) is 6.61 Å².